The molecule has 4 rings (SSSR count). The summed E-state index contributed by atoms with van der Waals surface area (Å²) in [5, 5.41) is 12.5. The third kappa shape index (κ3) is 3.01. The Labute approximate surface area is 163 Å². The van der Waals surface area contributed by atoms with Crippen molar-refractivity contribution in [3.63, 3.8) is 0 Å². The molecule has 7 heteroatoms. The fourth-order valence-corrected chi connectivity index (χ4v) is 4.37. The predicted octanol–water partition coefficient (Wildman–Crippen LogP) is 4.74. The molecule has 0 bridgehead atoms. The number of aromatic nitrogens is 3. The maximum atomic E-state index is 12.9. The summed E-state index contributed by atoms with van der Waals surface area (Å²) in [6.07, 6.45) is 1.71. The van der Waals surface area contributed by atoms with Gasteiger partial charge in [-0.25, -0.2) is 8.42 Å². The van der Waals surface area contributed by atoms with Gasteiger partial charge in [-0.15, -0.1) is 0 Å². The summed E-state index contributed by atoms with van der Waals surface area (Å²) in [7, 11) is -3.45. The molecule has 0 unspecified atom stereocenters. The fourth-order valence-electron chi connectivity index (χ4n) is 3.14. The molecule has 4 aromatic rings. The van der Waals surface area contributed by atoms with Gasteiger partial charge < -0.3 is 5.32 Å². The first-order chi connectivity index (χ1) is 13.2. The molecule has 0 amide bonds. The smallest absolute Gasteiger partial charge is 0.183 e. The van der Waals surface area contributed by atoms with Crippen molar-refractivity contribution in [1.29, 1.82) is 0 Å². The number of hydrogen-bond donors (Lipinski definition) is 2. The number of rotatable bonds is 3. The Kier molecular flexibility index (Phi) is 4.15. The molecular formula is C21H22N4O2S. The first-order valence-electron chi connectivity index (χ1n) is 9.02. The van der Waals surface area contributed by atoms with Gasteiger partial charge in [0, 0.05) is 28.3 Å². The largest absolute Gasteiger partial charge is 0.355 e. The number of benzene rings is 2. The molecule has 0 aliphatic carbocycles. The van der Waals surface area contributed by atoms with Crippen LogP contribution in [0.15, 0.2) is 53.6 Å². The predicted molar refractivity (Wildman–Crippen MR) is 113 cm³/mol. The summed E-state index contributed by atoms with van der Waals surface area (Å²) in [4.78, 5) is 4.67. The van der Waals surface area contributed by atoms with E-state index in [4.69, 9.17) is 0 Å². The standard InChI is InChI=1S/C21H22N4O2S/c1-13-16-7-5-14(11-20(16)25-24-13)23-19-9-10-22-18-8-6-15(12-17(18)19)28(26,27)21(2,3)4/h5-12H,1-4H3,(H,22,23)(H,24,25). The number of nitrogens with zero attached hydrogens (tertiary/aromatic N) is 2. The van der Waals surface area contributed by atoms with Crippen molar-refractivity contribution in [3.8, 4) is 0 Å². The van der Waals surface area contributed by atoms with Crippen LogP contribution in [0.25, 0.3) is 21.8 Å². The van der Waals surface area contributed by atoms with Crippen molar-refractivity contribution < 1.29 is 8.42 Å². The van der Waals surface area contributed by atoms with Crippen LogP contribution in [0.5, 0.6) is 0 Å². The minimum Gasteiger partial charge on any atom is -0.355 e. The second-order valence-electron chi connectivity index (χ2n) is 7.85. The SMILES string of the molecule is Cc1n[nH]c2cc(Nc3ccnc4ccc(S(=O)(=O)C(C)(C)C)cc34)ccc12. The number of aromatic amines is 1. The first kappa shape index (κ1) is 18.4. The summed E-state index contributed by atoms with van der Waals surface area (Å²) < 4.78 is 24.9. The van der Waals surface area contributed by atoms with Crippen LogP contribution in [-0.4, -0.2) is 28.3 Å². The van der Waals surface area contributed by atoms with E-state index < -0.39 is 14.6 Å². The van der Waals surface area contributed by atoms with E-state index >= 15 is 0 Å². The van der Waals surface area contributed by atoms with Crippen LogP contribution >= 0.6 is 0 Å². The second-order valence-corrected chi connectivity index (χ2v) is 10.6. The number of H-pyrrole nitrogens is 1. The quantitative estimate of drug-likeness (QED) is 0.524. The van der Waals surface area contributed by atoms with E-state index in [1.807, 2.05) is 31.2 Å². The molecule has 2 heterocycles. The van der Waals surface area contributed by atoms with E-state index in [-0.39, 0.29) is 0 Å². The third-order valence-corrected chi connectivity index (χ3v) is 7.35. The van der Waals surface area contributed by atoms with Gasteiger partial charge in [-0.2, -0.15) is 5.10 Å². The zero-order chi connectivity index (χ0) is 20.1. The second kappa shape index (κ2) is 6.31. The van der Waals surface area contributed by atoms with Gasteiger partial charge >= 0.3 is 0 Å². The van der Waals surface area contributed by atoms with Crippen LogP contribution in [0.2, 0.25) is 0 Å². The van der Waals surface area contributed by atoms with Crippen LogP contribution in [0.3, 0.4) is 0 Å². The molecule has 0 saturated carbocycles. The monoisotopic (exact) mass is 394 g/mol. The molecule has 2 N–H and O–H groups in total. The molecule has 6 nitrogen and oxygen atoms in total. The number of nitrogens with one attached hydrogen (secondary N) is 2. The minimum atomic E-state index is -3.45. The Morgan fingerprint density at radius 2 is 1.79 bits per heavy atom. The van der Waals surface area contributed by atoms with Gasteiger partial charge in [-0.05, 0) is 70.2 Å². The first-order valence-corrected chi connectivity index (χ1v) is 10.5. The van der Waals surface area contributed by atoms with E-state index in [0.717, 1.165) is 38.9 Å². The number of aryl methyl sites for hydroxylation is 1. The van der Waals surface area contributed by atoms with Gasteiger partial charge in [0.1, 0.15) is 0 Å². The van der Waals surface area contributed by atoms with Crippen LogP contribution in [0.1, 0.15) is 26.5 Å². The zero-order valence-electron chi connectivity index (χ0n) is 16.2. The van der Waals surface area contributed by atoms with Crippen molar-refractivity contribution in [2.24, 2.45) is 0 Å². The Morgan fingerprint density at radius 3 is 2.54 bits per heavy atom. The Balaban J connectivity index is 1.81. The molecule has 2 aromatic carbocycles. The van der Waals surface area contributed by atoms with Gasteiger partial charge in [0.2, 0.25) is 0 Å². The van der Waals surface area contributed by atoms with Gasteiger partial charge in [-0.1, -0.05) is 0 Å². The molecule has 144 valence electrons. The molecule has 0 atom stereocenters. The zero-order valence-corrected chi connectivity index (χ0v) is 17.1. The highest BCUT2D eigenvalue weighted by Gasteiger charge is 2.31. The molecule has 0 spiro atoms. The average molecular weight is 395 g/mol. The number of anilines is 2. The molecular weight excluding hydrogens is 372 g/mol. The number of pyridine rings is 1. The topological polar surface area (TPSA) is 87.7 Å². The Hall–Kier alpha value is -2.93. The summed E-state index contributed by atoms with van der Waals surface area (Å²) >= 11 is 0. The van der Waals surface area contributed by atoms with Crippen LogP contribution in [0, 0.1) is 6.92 Å². The molecule has 0 aliphatic heterocycles. The highest BCUT2D eigenvalue weighted by Crippen LogP contribution is 2.31. The van der Waals surface area contributed by atoms with Crippen molar-refractivity contribution in [2.75, 3.05) is 5.32 Å². The average Bonchev–Trinajstić information content (AvgIpc) is 3.01. The molecule has 28 heavy (non-hydrogen) atoms. The van der Waals surface area contributed by atoms with E-state index in [0.29, 0.717) is 4.90 Å². The summed E-state index contributed by atoms with van der Waals surface area (Å²) in [5.41, 5.74) is 4.31. The molecule has 2 aromatic heterocycles. The Morgan fingerprint density at radius 1 is 1.00 bits per heavy atom. The lowest BCUT2D eigenvalue weighted by molar-refractivity contribution is 0.560. The minimum absolute atomic E-state index is 0.295. The van der Waals surface area contributed by atoms with E-state index in [9.17, 15) is 8.42 Å². The van der Waals surface area contributed by atoms with Gasteiger partial charge in [0.25, 0.3) is 0 Å². The molecule has 0 aliphatic rings. The number of hydrogen-bond acceptors (Lipinski definition) is 5. The van der Waals surface area contributed by atoms with Gasteiger partial charge in [-0.3, -0.25) is 10.1 Å². The maximum Gasteiger partial charge on any atom is 0.183 e. The lowest BCUT2D eigenvalue weighted by Gasteiger charge is -2.20. The highest BCUT2D eigenvalue weighted by molar-refractivity contribution is 7.92. The summed E-state index contributed by atoms with van der Waals surface area (Å²) in [6, 6.07) is 12.9. The lowest BCUT2D eigenvalue weighted by Crippen LogP contribution is -2.27. The van der Waals surface area contributed by atoms with Crippen LogP contribution < -0.4 is 5.32 Å². The maximum absolute atomic E-state index is 12.9. The number of sulfone groups is 1. The van der Waals surface area contributed by atoms with Crippen molar-refractivity contribution in [3.05, 3.63) is 54.4 Å². The van der Waals surface area contributed by atoms with E-state index in [2.05, 4.69) is 20.5 Å². The molecule has 0 fully saturated rings. The fraction of sp³-hybridized carbons (Fsp3) is 0.238. The Bertz CT molecular complexity index is 1300. The molecule has 0 saturated heterocycles. The summed E-state index contributed by atoms with van der Waals surface area (Å²) in [5.74, 6) is 0. The van der Waals surface area contributed by atoms with Crippen LogP contribution in [0.4, 0.5) is 11.4 Å². The lowest BCUT2D eigenvalue weighted by atomic mass is 10.1. The molecule has 0 radical (unpaired) electrons. The van der Waals surface area contributed by atoms with Crippen LogP contribution in [-0.2, 0) is 9.84 Å². The van der Waals surface area contributed by atoms with Crippen molar-refractivity contribution in [2.45, 2.75) is 37.3 Å². The van der Waals surface area contributed by atoms with E-state index in [1.165, 1.54) is 0 Å². The third-order valence-electron chi connectivity index (χ3n) is 4.86. The van der Waals surface area contributed by atoms with E-state index in [1.54, 1.807) is 45.2 Å². The number of fused-ring (bicyclic) bond motifs is 2. The highest BCUT2D eigenvalue weighted by atomic mass is 32.2. The van der Waals surface area contributed by atoms with Gasteiger partial charge in [0.05, 0.1) is 26.4 Å². The van der Waals surface area contributed by atoms with Crippen molar-refractivity contribution in [1.82, 2.24) is 15.2 Å². The normalized spacial score (nSPS) is 12.6. The van der Waals surface area contributed by atoms with Crippen molar-refractivity contribution >= 4 is 43.0 Å². The summed E-state index contributed by atoms with van der Waals surface area (Å²) in [6.45, 7) is 7.07. The van der Waals surface area contributed by atoms with Gasteiger partial charge in [0.15, 0.2) is 9.84 Å².